The third-order valence-corrected chi connectivity index (χ3v) is 3.44. The average molecular weight is 297 g/mol. The fourth-order valence-corrected chi connectivity index (χ4v) is 2.07. The van der Waals surface area contributed by atoms with E-state index < -0.39 is 10.9 Å². The van der Waals surface area contributed by atoms with Crippen LogP contribution in [-0.4, -0.2) is 16.0 Å². The number of rotatable bonds is 4. The van der Waals surface area contributed by atoms with E-state index in [2.05, 4.69) is 0 Å². The van der Waals surface area contributed by atoms with Gasteiger partial charge in [-0.05, 0) is 42.2 Å². The second-order valence-corrected chi connectivity index (χ2v) is 5.01. The van der Waals surface area contributed by atoms with Gasteiger partial charge in [-0.15, -0.1) is 0 Å². The van der Waals surface area contributed by atoms with E-state index in [0.717, 1.165) is 11.1 Å². The molecule has 0 atom stereocenters. The van der Waals surface area contributed by atoms with Crippen LogP contribution >= 0.6 is 0 Å². The molecule has 0 aliphatic rings. The zero-order valence-corrected chi connectivity index (χ0v) is 12.2. The van der Waals surface area contributed by atoms with E-state index in [1.54, 1.807) is 18.2 Å². The fraction of sp³-hybridized carbons (Fsp3) is 0.118. The van der Waals surface area contributed by atoms with Gasteiger partial charge in [-0.2, -0.15) is 0 Å². The first kappa shape index (κ1) is 15.4. The second-order valence-electron chi connectivity index (χ2n) is 5.01. The van der Waals surface area contributed by atoms with Crippen LogP contribution in [0.3, 0.4) is 0 Å². The van der Waals surface area contributed by atoms with Crippen LogP contribution < -0.4 is 0 Å². The topological polar surface area (TPSA) is 80.4 Å². The molecule has 1 N–H and O–H groups in total. The lowest BCUT2D eigenvalue weighted by Crippen LogP contribution is -2.00. The quantitative estimate of drug-likeness (QED) is 0.402. The third-order valence-electron chi connectivity index (χ3n) is 3.44. The number of nitrogens with zero attached hydrogens (tertiary/aromatic N) is 1. The Morgan fingerprint density at radius 2 is 1.86 bits per heavy atom. The summed E-state index contributed by atoms with van der Waals surface area (Å²) < 4.78 is 0. The Balaban J connectivity index is 2.52. The molecule has 2 aromatic rings. The van der Waals surface area contributed by atoms with Crippen molar-refractivity contribution >= 4 is 23.3 Å². The number of nitro benzene ring substituents is 1. The van der Waals surface area contributed by atoms with Crippen molar-refractivity contribution in [3.8, 4) is 0 Å². The molecular formula is C17H15NO4. The molecule has 0 saturated carbocycles. The van der Waals surface area contributed by atoms with E-state index in [-0.39, 0.29) is 11.3 Å². The van der Waals surface area contributed by atoms with Gasteiger partial charge in [0.25, 0.3) is 5.69 Å². The molecule has 22 heavy (non-hydrogen) atoms. The molecule has 0 radical (unpaired) electrons. The Bertz CT molecular complexity index is 778. The third kappa shape index (κ3) is 3.38. The first-order valence-electron chi connectivity index (χ1n) is 6.65. The monoisotopic (exact) mass is 297 g/mol. The Hall–Kier alpha value is -2.95. The predicted octanol–water partition coefficient (Wildman–Crippen LogP) is 3.84. The summed E-state index contributed by atoms with van der Waals surface area (Å²) in [6, 6.07) is 11.3. The predicted molar refractivity (Wildman–Crippen MR) is 84.5 cm³/mol. The summed E-state index contributed by atoms with van der Waals surface area (Å²) in [6.07, 6.45) is 1.44. The minimum absolute atomic E-state index is 0.0708. The number of carboxylic acid groups (broad SMARTS) is 1. The van der Waals surface area contributed by atoms with Gasteiger partial charge in [0, 0.05) is 12.1 Å². The molecule has 2 rings (SSSR count). The van der Waals surface area contributed by atoms with Gasteiger partial charge in [-0.25, -0.2) is 4.79 Å². The number of carbonyl (C=O) groups is 1. The maximum absolute atomic E-state index is 11.5. The van der Waals surface area contributed by atoms with Crippen LogP contribution in [0.4, 0.5) is 5.69 Å². The Morgan fingerprint density at radius 1 is 1.14 bits per heavy atom. The van der Waals surface area contributed by atoms with E-state index in [9.17, 15) is 20.0 Å². The smallest absolute Gasteiger partial charge is 0.336 e. The highest BCUT2D eigenvalue weighted by molar-refractivity contribution is 6.20. The number of nitro groups is 1. The number of hydrogen-bond acceptors (Lipinski definition) is 3. The Morgan fingerprint density at radius 3 is 2.45 bits per heavy atom. The number of aliphatic carboxylic acids is 1. The van der Waals surface area contributed by atoms with Gasteiger partial charge in [0.1, 0.15) is 0 Å². The van der Waals surface area contributed by atoms with Crippen molar-refractivity contribution in [3.05, 3.63) is 74.8 Å². The van der Waals surface area contributed by atoms with Crippen molar-refractivity contribution in [2.75, 3.05) is 0 Å². The van der Waals surface area contributed by atoms with Crippen molar-refractivity contribution in [2.45, 2.75) is 13.8 Å². The molecule has 0 unspecified atom stereocenters. The fourth-order valence-electron chi connectivity index (χ4n) is 2.07. The summed E-state index contributed by atoms with van der Waals surface area (Å²) in [5.74, 6) is -1.07. The molecule has 5 nitrogen and oxygen atoms in total. The summed E-state index contributed by atoms with van der Waals surface area (Å²) in [7, 11) is 0. The van der Waals surface area contributed by atoms with Gasteiger partial charge in [-0.1, -0.05) is 30.3 Å². The normalized spacial score (nSPS) is 11.3. The molecule has 0 heterocycles. The molecule has 0 fully saturated rings. The molecular weight excluding hydrogens is 282 g/mol. The molecule has 112 valence electrons. The first-order valence-corrected chi connectivity index (χ1v) is 6.65. The van der Waals surface area contributed by atoms with Crippen LogP contribution in [0.25, 0.3) is 11.6 Å². The molecule has 0 bridgehead atoms. The van der Waals surface area contributed by atoms with E-state index in [4.69, 9.17) is 0 Å². The van der Waals surface area contributed by atoms with Crippen LogP contribution in [0.2, 0.25) is 0 Å². The highest BCUT2D eigenvalue weighted by atomic mass is 16.6. The lowest BCUT2D eigenvalue weighted by Gasteiger charge is -2.06. The van der Waals surface area contributed by atoms with Crippen molar-refractivity contribution in [2.24, 2.45) is 0 Å². The molecule has 2 aromatic carbocycles. The summed E-state index contributed by atoms with van der Waals surface area (Å²) in [4.78, 5) is 21.8. The lowest BCUT2D eigenvalue weighted by molar-refractivity contribution is -0.384. The largest absolute Gasteiger partial charge is 0.478 e. The molecule has 0 spiro atoms. The van der Waals surface area contributed by atoms with Crippen molar-refractivity contribution in [1.82, 2.24) is 0 Å². The van der Waals surface area contributed by atoms with Crippen LogP contribution in [0.15, 0.2) is 42.5 Å². The van der Waals surface area contributed by atoms with Gasteiger partial charge in [0.05, 0.1) is 10.5 Å². The number of non-ortho nitro benzene ring substituents is 1. The number of carboxylic acids is 1. The molecule has 0 aliphatic heterocycles. The second kappa shape index (κ2) is 6.22. The molecule has 0 aliphatic carbocycles. The maximum Gasteiger partial charge on any atom is 0.336 e. The Labute approximate surface area is 127 Å². The minimum Gasteiger partial charge on any atom is -0.478 e. The van der Waals surface area contributed by atoms with Crippen LogP contribution in [0.1, 0.15) is 22.3 Å². The van der Waals surface area contributed by atoms with Gasteiger partial charge >= 0.3 is 5.97 Å². The van der Waals surface area contributed by atoms with Gasteiger partial charge < -0.3 is 5.11 Å². The number of aryl methyl sites for hydroxylation is 2. The molecule has 0 saturated heterocycles. The van der Waals surface area contributed by atoms with Crippen molar-refractivity contribution in [3.63, 3.8) is 0 Å². The van der Waals surface area contributed by atoms with Gasteiger partial charge in [-0.3, -0.25) is 10.1 Å². The Kier molecular flexibility index (Phi) is 4.36. The SMILES string of the molecule is Cc1ccc(/C(=C/c2cccc([N+](=O)[O-])c2)C(=O)O)cc1C. The highest BCUT2D eigenvalue weighted by Crippen LogP contribution is 2.23. The summed E-state index contributed by atoms with van der Waals surface area (Å²) in [6.45, 7) is 3.86. The first-order chi connectivity index (χ1) is 10.4. The lowest BCUT2D eigenvalue weighted by atomic mass is 9.98. The van der Waals surface area contributed by atoms with Crippen LogP contribution in [-0.2, 0) is 4.79 Å². The number of hydrogen-bond donors (Lipinski definition) is 1. The highest BCUT2D eigenvalue weighted by Gasteiger charge is 2.12. The zero-order chi connectivity index (χ0) is 16.3. The zero-order valence-electron chi connectivity index (χ0n) is 12.2. The van der Waals surface area contributed by atoms with E-state index in [1.165, 1.54) is 24.3 Å². The van der Waals surface area contributed by atoms with Crippen molar-refractivity contribution < 1.29 is 14.8 Å². The van der Waals surface area contributed by atoms with E-state index >= 15 is 0 Å². The average Bonchev–Trinajstić information content (AvgIpc) is 2.48. The number of benzene rings is 2. The van der Waals surface area contributed by atoms with Crippen LogP contribution in [0, 0.1) is 24.0 Å². The standard InChI is InChI=1S/C17H15NO4/c1-11-6-7-14(8-12(11)2)16(17(19)20)10-13-4-3-5-15(9-13)18(21)22/h3-10H,1-2H3,(H,19,20)/b16-10-. The minimum atomic E-state index is -1.07. The molecule has 0 amide bonds. The molecule has 5 heteroatoms. The van der Waals surface area contributed by atoms with Gasteiger partial charge in [0.2, 0.25) is 0 Å². The summed E-state index contributed by atoms with van der Waals surface area (Å²) in [5, 5.41) is 20.2. The van der Waals surface area contributed by atoms with E-state index in [1.807, 2.05) is 19.9 Å². The molecule has 0 aromatic heterocycles. The maximum atomic E-state index is 11.5. The van der Waals surface area contributed by atoms with Crippen LogP contribution in [0.5, 0.6) is 0 Å². The van der Waals surface area contributed by atoms with Crippen molar-refractivity contribution in [1.29, 1.82) is 0 Å². The van der Waals surface area contributed by atoms with Gasteiger partial charge in [0.15, 0.2) is 0 Å². The summed E-state index contributed by atoms with van der Waals surface area (Å²) >= 11 is 0. The summed E-state index contributed by atoms with van der Waals surface area (Å²) in [5.41, 5.74) is 3.14. The van der Waals surface area contributed by atoms with E-state index in [0.29, 0.717) is 11.1 Å².